The van der Waals surface area contributed by atoms with Crippen LogP contribution in [0.1, 0.15) is 63.1 Å². The molecule has 206 valence electrons. The van der Waals surface area contributed by atoms with Crippen LogP contribution in [-0.2, 0) is 9.53 Å². The number of aromatic nitrogens is 2. The Hall–Kier alpha value is -3.03. The standard InChI is InChI=1S/C30H34Cl2N4O3/c1-3-4-16-39-30(38)35-13-5-6-27(35)29(37)34-14-11-21(12-15-34)22-7-8-23-19-33-36(28(23)17-22)20(2)25-10-9-24(31)18-26(25)32/h7-11,17-20,27H,3-6,12-16H2,1-2H3/t20-,27-/m1/s1. The summed E-state index contributed by atoms with van der Waals surface area (Å²) in [5.74, 6) is 0.0115. The molecule has 39 heavy (non-hydrogen) atoms. The molecule has 5 rings (SSSR count). The topological polar surface area (TPSA) is 67.7 Å². The fourth-order valence-corrected chi connectivity index (χ4v) is 6.06. The van der Waals surface area contributed by atoms with E-state index in [1.807, 2.05) is 27.9 Å². The summed E-state index contributed by atoms with van der Waals surface area (Å²) in [6.07, 6.45) is 7.68. The number of fused-ring (bicyclic) bond motifs is 1. The maximum atomic E-state index is 13.3. The van der Waals surface area contributed by atoms with Gasteiger partial charge in [0.05, 0.1) is 24.4 Å². The van der Waals surface area contributed by atoms with Crippen molar-refractivity contribution in [2.24, 2.45) is 0 Å². The Balaban J connectivity index is 1.30. The van der Waals surface area contributed by atoms with E-state index < -0.39 is 6.04 Å². The molecule has 0 radical (unpaired) electrons. The number of rotatable bonds is 7. The number of carbonyl (C=O) groups is 2. The zero-order chi connectivity index (χ0) is 27.5. The first kappa shape index (κ1) is 27.5. The zero-order valence-corrected chi connectivity index (χ0v) is 23.9. The molecule has 1 aromatic heterocycles. The molecule has 1 fully saturated rings. The average molecular weight is 570 g/mol. The van der Waals surface area contributed by atoms with Gasteiger partial charge in [-0.1, -0.05) is 60.8 Å². The van der Waals surface area contributed by atoms with Crippen molar-refractivity contribution < 1.29 is 14.3 Å². The summed E-state index contributed by atoms with van der Waals surface area (Å²) in [6.45, 7) is 6.24. The summed E-state index contributed by atoms with van der Waals surface area (Å²) in [5, 5.41) is 6.93. The van der Waals surface area contributed by atoms with Gasteiger partial charge in [-0.25, -0.2) is 4.79 Å². The lowest BCUT2D eigenvalue weighted by atomic mass is 9.98. The number of hydrogen-bond acceptors (Lipinski definition) is 4. The van der Waals surface area contributed by atoms with Crippen molar-refractivity contribution in [3.63, 3.8) is 0 Å². The smallest absolute Gasteiger partial charge is 0.410 e. The zero-order valence-electron chi connectivity index (χ0n) is 22.4. The van der Waals surface area contributed by atoms with E-state index in [9.17, 15) is 9.59 Å². The monoisotopic (exact) mass is 568 g/mol. The number of amides is 2. The number of carbonyl (C=O) groups excluding carboxylic acids is 2. The fourth-order valence-electron chi connectivity index (χ4n) is 5.49. The van der Waals surface area contributed by atoms with E-state index in [1.165, 1.54) is 5.57 Å². The van der Waals surface area contributed by atoms with Gasteiger partial charge in [0.1, 0.15) is 6.04 Å². The maximum Gasteiger partial charge on any atom is 0.410 e. The number of unbranched alkanes of at least 4 members (excludes halogenated alkanes) is 1. The van der Waals surface area contributed by atoms with E-state index in [2.05, 4.69) is 43.2 Å². The van der Waals surface area contributed by atoms with Gasteiger partial charge in [-0.2, -0.15) is 5.10 Å². The minimum atomic E-state index is -0.430. The Morgan fingerprint density at radius 1 is 1.15 bits per heavy atom. The minimum absolute atomic E-state index is 0.0115. The third kappa shape index (κ3) is 5.80. The largest absolute Gasteiger partial charge is 0.449 e. The molecule has 0 saturated carbocycles. The number of likely N-dealkylation sites (tertiary alicyclic amines) is 1. The second-order valence-corrected chi connectivity index (χ2v) is 11.1. The van der Waals surface area contributed by atoms with Crippen molar-refractivity contribution in [1.29, 1.82) is 0 Å². The van der Waals surface area contributed by atoms with E-state index >= 15 is 0 Å². The molecule has 1 saturated heterocycles. The molecule has 0 bridgehead atoms. The summed E-state index contributed by atoms with van der Waals surface area (Å²) in [5.41, 5.74) is 4.30. The van der Waals surface area contributed by atoms with Crippen molar-refractivity contribution >= 4 is 51.7 Å². The highest BCUT2D eigenvalue weighted by molar-refractivity contribution is 6.35. The number of hydrogen-bond donors (Lipinski definition) is 0. The highest BCUT2D eigenvalue weighted by Crippen LogP contribution is 2.32. The van der Waals surface area contributed by atoms with E-state index in [0.29, 0.717) is 42.7 Å². The average Bonchev–Trinajstić information content (AvgIpc) is 3.60. The van der Waals surface area contributed by atoms with E-state index in [4.69, 9.17) is 27.9 Å². The molecule has 3 aromatic rings. The molecule has 3 heterocycles. The Morgan fingerprint density at radius 2 is 2.00 bits per heavy atom. The van der Waals surface area contributed by atoms with Crippen molar-refractivity contribution in [1.82, 2.24) is 19.6 Å². The van der Waals surface area contributed by atoms with Gasteiger partial charge in [-0.3, -0.25) is 14.4 Å². The SMILES string of the molecule is CCCCOC(=O)N1CCC[C@@H]1C(=O)N1CC=C(c2ccc3cnn([C@H](C)c4ccc(Cl)cc4Cl)c3c2)CC1. The number of benzene rings is 2. The van der Waals surface area contributed by atoms with Crippen molar-refractivity contribution in [2.75, 3.05) is 26.2 Å². The van der Waals surface area contributed by atoms with Crippen LogP contribution in [0.2, 0.25) is 10.0 Å². The molecule has 0 aliphatic carbocycles. The van der Waals surface area contributed by atoms with Crippen molar-refractivity contribution in [3.05, 3.63) is 69.8 Å². The molecule has 0 N–H and O–H groups in total. The van der Waals surface area contributed by atoms with Gasteiger partial charge in [-0.15, -0.1) is 0 Å². The van der Waals surface area contributed by atoms with Crippen LogP contribution in [0.5, 0.6) is 0 Å². The molecule has 7 nitrogen and oxygen atoms in total. The minimum Gasteiger partial charge on any atom is -0.449 e. The molecule has 0 spiro atoms. The van der Waals surface area contributed by atoms with Crippen molar-refractivity contribution in [3.8, 4) is 0 Å². The Kier molecular flexibility index (Phi) is 8.48. The molecular formula is C30H34Cl2N4O3. The van der Waals surface area contributed by atoms with E-state index in [0.717, 1.165) is 47.7 Å². The van der Waals surface area contributed by atoms with Gasteiger partial charge in [-0.05, 0) is 67.5 Å². The summed E-state index contributed by atoms with van der Waals surface area (Å²) >= 11 is 12.6. The number of nitrogens with zero attached hydrogens (tertiary/aromatic N) is 4. The Bertz CT molecular complexity index is 1400. The lowest BCUT2D eigenvalue weighted by molar-refractivity contribution is -0.135. The predicted molar refractivity (Wildman–Crippen MR) is 155 cm³/mol. The normalized spacial score (nSPS) is 18.4. The predicted octanol–water partition coefficient (Wildman–Crippen LogP) is 6.97. The first-order valence-electron chi connectivity index (χ1n) is 13.7. The highest BCUT2D eigenvalue weighted by atomic mass is 35.5. The van der Waals surface area contributed by atoms with Crippen LogP contribution in [-0.4, -0.2) is 63.9 Å². The molecular weight excluding hydrogens is 535 g/mol. The van der Waals surface area contributed by atoms with Crippen LogP contribution in [0, 0.1) is 0 Å². The van der Waals surface area contributed by atoms with Gasteiger partial charge in [0, 0.05) is 35.1 Å². The molecule has 0 unspecified atom stereocenters. The number of ether oxygens (including phenoxy) is 1. The Morgan fingerprint density at radius 3 is 2.74 bits per heavy atom. The van der Waals surface area contributed by atoms with Gasteiger partial charge in [0.15, 0.2) is 0 Å². The molecule has 2 aliphatic rings. The first-order valence-corrected chi connectivity index (χ1v) is 14.5. The summed E-state index contributed by atoms with van der Waals surface area (Å²) in [6, 6.07) is 11.4. The summed E-state index contributed by atoms with van der Waals surface area (Å²) in [7, 11) is 0. The second-order valence-electron chi connectivity index (χ2n) is 10.3. The van der Waals surface area contributed by atoms with Crippen LogP contribution in [0.3, 0.4) is 0 Å². The molecule has 2 atom stereocenters. The highest BCUT2D eigenvalue weighted by Gasteiger charge is 2.37. The molecule has 2 amide bonds. The maximum absolute atomic E-state index is 13.3. The van der Waals surface area contributed by atoms with Crippen LogP contribution in [0.25, 0.3) is 16.5 Å². The van der Waals surface area contributed by atoms with E-state index in [-0.39, 0.29) is 18.0 Å². The summed E-state index contributed by atoms with van der Waals surface area (Å²) in [4.78, 5) is 29.4. The van der Waals surface area contributed by atoms with Gasteiger partial charge in [0.25, 0.3) is 0 Å². The van der Waals surface area contributed by atoms with Gasteiger partial charge in [0.2, 0.25) is 5.91 Å². The second kappa shape index (κ2) is 12.0. The van der Waals surface area contributed by atoms with Gasteiger partial charge >= 0.3 is 6.09 Å². The summed E-state index contributed by atoms with van der Waals surface area (Å²) < 4.78 is 7.38. The van der Waals surface area contributed by atoms with Crippen molar-refractivity contribution in [2.45, 2.75) is 58.0 Å². The Labute approximate surface area is 239 Å². The third-order valence-corrected chi connectivity index (χ3v) is 8.33. The van der Waals surface area contributed by atoms with Crippen LogP contribution < -0.4 is 0 Å². The quantitative estimate of drug-likeness (QED) is 0.288. The van der Waals surface area contributed by atoms with Crippen LogP contribution in [0.4, 0.5) is 4.79 Å². The third-order valence-electron chi connectivity index (χ3n) is 7.77. The van der Waals surface area contributed by atoms with E-state index in [1.54, 1.807) is 11.0 Å². The number of halogens is 2. The molecule has 2 aromatic carbocycles. The fraction of sp³-hybridized carbons (Fsp3) is 0.433. The molecule has 9 heteroatoms. The molecule has 2 aliphatic heterocycles. The van der Waals surface area contributed by atoms with Crippen LogP contribution in [0.15, 0.2) is 48.7 Å². The van der Waals surface area contributed by atoms with Crippen LogP contribution >= 0.6 is 23.2 Å². The lowest BCUT2D eigenvalue weighted by Crippen LogP contribution is -2.49. The van der Waals surface area contributed by atoms with Gasteiger partial charge < -0.3 is 9.64 Å². The lowest BCUT2D eigenvalue weighted by Gasteiger charge is -2.32. The first-order chi connectivity index (χ1) is 18.9.